The molecule has 2 rings (SSSR count). The number of nitriles is 1. The molecule has 0 saturated carbocycles. The number of amides is 1. The van der Waals surface area contributed by atoms with Crippen LogP contribution in [-0.2, 0) is 6.42 Å². The number of halogens is 1. The van der Waals surface area contributed by atoms with Crippen molar-refractivity contribution in [3.05, 3.63) is 58.6 Å². The van der Waals surface area contributed by atoms with Gasteiger partial charge in [-0.05, 0) is 35.9 Å². The minimum atomic E-state index is -0.303. The van der Waals surface area contributed by atoms with Crippen molar-refractivity contribution in [1.82, 2.24) is 0 Å². The first-order valence-corrected chi connectivity index (χ1v) is 6.62. The predicted octanol–water partition coefficient (Wildman–Crippen LogP) is 3.67. The molecule has 0 radical (unpaired) electrons. The molecule has 0 heterocycles. The van der Waals surface area contributed by atoms with Crippen LogP contribution in [-0.4, -0.2) is 13.0 Å². The maximum atomic E-state index is 12.3. The number of rotatable bonds is 4. The molecule has 2 aromatic rings. The van der Waals surface area contributed by atoms with E-state index in [1.165, 1.54) is 7.11 Å². The van der Waals surface area contributed by atoms with Crippen molar-refractivity contribution in [2.45, 2.75) is 6.42 Å². The average molecular weight is 301 g/mol. The van der Waals surface area contributed by atoms with E-state index >= 15 is 0 Å². The first-order chi connectivity index (χ1) is 10.1. The van der Waals surface area contributed by atoms with Gasteiger partial charge in [-0.1, -0.05) is 23.7 Å². The largest absolute Gasteiger partial charge is 0.496 e. The Morgan fingerprint density at radius 1 is 1.29 bits per heavy atom. The van der Waals surface area contributed by atoms with Crippen LogP contribution in [0.1, 0.15) is 15.9 Å². The quantitative estimate of drug-likeness (QED) is 0.937. The minimum Gasteiger partial charge on any atom is -0.496 e. The lowest BCUT2D eigenvalue weighted by atomic mass is 10.1. The molecule has 1 amide bonds. The Morgan fingerprint density at radius 3 is 2.62 bits per heavy atom. The van der Waals surface area contributed by atoms with Gasteiger partial charge in [-0.3, -0.25) is 4.79 Å². The fourth-order valence-corrected chi connectivity index (χ4v) is 2.03. The van der Waals surface area contributed by atoms with E-state index in [0.29, 0.717) is 28.4 Å². The summed E-state index contributed by atoms with van der Waals surface area (Å²) in [6, 6.07) is 14.0. The second kappa shape index (κ2) is 6.78. The smallest absolute Gasteiger partial charge is 0.259 e. The lowest BCUT2D eigenvalue weighted by Crippen LogP contribution is -2.13. The van der Waals surface area contributed by atoms with Crippen LogP contribution in [0.3, 0.4) is 0 Å². The number of carbonyl (C=O) groups excluding carboxylic acids is 1. The molecule has 0 unspecified atom stereocenters. The van der Waals surface area contributed by atoms with Crippen LogP contribution in [0.5, 0.6) is 5.75 Å². The van der Waals surface area contributed by atoms with Crippen LogP contribution in [0.15, 0.2) is 42.5 Å². The van der Waals surface area contributed by atoms with E-state index < -0.39 is 0 Å². The highest BCUT2D eigenvalue weighted by Gasteiger charge is 2.13. The first kappa shape index (κ1) is 14.9. The topological polar surface area (TPSA) is 62.1 Å². The van der Waals surface area contributed by atoms with Crippen LogP contribution in [0.4, 0.5) is 5.69 Å². The molecule has 0 aliphatic carbocycles. The van der Waals surface area contributed by atoms with Gasteiger partial charge in [0.1, 0.15) is 5.75 Å². The molecule has 4 nitrogen and oxygen atoms in total. The van der Waals surface area contributed by atoms with Gasteiger partial charge in [0.15, 0.2) is 0 Å². The van der Waals surface area contributed by atoms with E-state index in [1.807, 2.05) is 0 Å². The Hall–Kier alpha value is -2.51. The van der Waals surface area contributed by atoms with Crippen molar-refractivity contribution in [2.75, 3.05) is 12.4 Å². The average Bonchev–Trinajstić information content (AvgIpc) is 2.49. The normalized spacial score (nSPS) is 9.76. The Bertz CT molecular complexity index is 690. The van der Waals surface area contributed by atoms with Crippen molar-refractivity contribution < 1.29 is 9.53 Å². The number of hydrogen-bond donors (Lipinski definition) is 1. The number of hydrogen-bond acceptors (Lipinski definition) is 3. The number of nitrogens with zero attached hydrogens (tertiary/aromatic N) is 1. The number of benzene rings is 2. The summed E-state index contributed by atoms with van der Waals surface area (Å²) in [5.41, 5.74) is 1.91. The van der Waals surface area contributed by atoms with Crippen LogP contribution in [0, 0.1) is 11.3 Å². The van der Waals surface area contributed by atoms with Gasteiger partial charge in [-0.2, -0.15) is 5.26 Å². The standard InChI is InChI=1S/C16H13ClN2O2/c1-21-15-7-4-12(17)10-14(15)16(20)19-13-5-2-11(3-6-13)8-9-18/h2-7,10H,8H2,1H3,(H,19,20). The summed E-state index contributed by atoms with van der Waals surface area (Å²) in [6.45, 7) is 0. The number of nitrogens with one attached hydrogen (secondary N) is 1. The highest BCUT2D eigenvalue weighted by Crippen LogP contribution is 2.23. The molecular formula is C16H13ClN2O2. The summed E-state index contributed by atoms with van der Waals surface area (Å²) < 4.78 is 5.15. The highest BCUT2D eigenvalue weighted by molar-refractivity contribution is 6.31. The second-order valence-corrected chi connectivity index (χ2v) is 4.77. The Kier molecular flexibility index (Phi) is 4.81. The Labute approximate surface area is 127 Å². The Balaban J connectivity index is 2.18. The summed E-state index contributed by atoms with van der Waals surface area (Å²) in [5, 5.41) is 11.9. The number of anilines is 1. The molecule has 0 atom stereocenters. The third kappa shape index (κ3) is 3.74. The van der Waals surface area contributed by atoms with Crippen molar-refractivity contribution in [2.24, 2.45) is 0 Å². The zero-order valence-electron chi connectivity index (χ0n) is 11.4. The molecule has 0 bridgehead atoms. The lowest BCUT2D eigenvalue weighted by molar-refractivity contribution is 0.102. The first-order valence-electron chi connectivity index (χ1n) is 6.25. The summed E-state index contributed by atoms with van der Waals surface area (Å²) >= 11 is 5.91. The molecule has 0 aliphatic rings. The number of ether oxygens (including phenoxy) is 1. The number of carbonyl (C=O) groups is 1. The van der Waals surface area contributed by atoms with Crippen molar-refractivity contribution in [3.8, 4) is 11.8 Å². The molecule has 0 saturated heterocycles. The van der Waals surface area contributed by atoms with E-state index in [9.17, 15) is 4.79 Å². The summed E-state index contributed by atoms with van der Waals surface area (Å²) in [6.07, 6.45) is 0.344. The van der Waals surface area contributed by atoms with Gasteiger partial charge < -0.3 is 10.1 Å². The van der Waals surface area contributed by atoms with Crippen LogP contribution >= 0.6 is 11.6 Å². The highest BCUT2D eigenvalue weighted by atomic mass is 35.5. The van der Waals surface area contributed by atoms with E-state index in [4.69, 9.17) is 21.6 Å². The molecule has 2 aromatic carbocycles. The van der Waals surface area contributed by atoms with E-state index in [-0.39, 0.29) is 5.91 Å². The monoisotopic (exact) mass is 300 g/mol. The van der Waals surface area contributed by atoms with Crippen molar-refractivity contribution in [1.29, 1.82) is 5.26 Å². The van der Waals surface area contributed by atoms with E-state index in [2.05, 4.69) is 11.4 Å². The van der Waals surface area contributed by atoms with E-state index in [1.54, 1.807) is 42.5 Å². The summed E-state index contributed by atoms with van der Waals surface area (Å²) in [7, 11) is 1.50. The molecule has 0 aromatic heterocycles. The van der Waals surface area contributed by atoms with Gasteiger partial charge in [0.2, 0.25) is 0 Å². The third-order valence-electron chi connectivity index (χ3n) is 2.90. The lowest BCUT2D eigenvalue weighted by Gasteiger charge is -2.10. The zero-order valence-corrected chi connectivity index (χ0v) is 12.1. The van der Waals surface area contributed by atoms with Gasteiger partial charge in [0.25, 0.3) is 5.91 Å². The fourth-order valence-electron chi connectivity index (χ4n) is 1.85. The molecule has 0 aliphatic heterocycles. The van der Waals surface area contributed by atoms with Gasteiger partial charge in [0, 0.05) is 10.7 Å². The fraction of sp³-hybridized carbons (Fsp3) is 0.125. The van der Waals surface area contributed by atoms with Gasteiger partial charge in [-0.25, -0.2) is 0 Å². The molecule has 21 heavy (non-hydrogen) atoms. The van der Waals surface area contributed by atoms with Gasteiger partial charge in [0.05, 0.1) is 25.2 Å². The SMILES string of the molecule is COc1ccc(Cl)cc1C(=O)Nc1ccc(CC#N)cc1. The minimum absolute atomic E-state index is 0.303. The van der Waals surface area contributed by atoms with Gasteiger partial charge >= 0.3 is 0 Å². The Morgan fingerprint density at radius 2 is 2.00 bits per heavy atom. The molecular weight excluding hydrogens is 288 g/mol. The predicted molar refractivity (Wildman–Crippen MR) is 81.7 cm³/mol. The molecule has 5 heteroatoms. The summed E-state index contributed by atoms with van der Waals surface area (Å²) in [4.78, 5) is 12.3. The van der Waals surface area contributed by atoms with Crippen molar-refractivity contribution in [3.63, 3.8) is 0 Å². The third-order valence-corrected chi connectivity index (χ3v) is 3.14. The molecule has 0 fully saturated rings. The number of methoxy groups -OCH3 is 1. The summed E-state index contributed by atoms with van der Waals surface area (Å²) in [5.74, 6) is 0.153. The van der Waals surface area contributed by atoms with Gasteiger partial charge in [-0.15, -0.1) is 0 Å². The molecule has 106 valence electrons. The molecule has 0 spiro atoms. The van der Waals surface area contributed by atoms with E-state index in [0.717, 1.165) is 5.56 Å². The zero-order chi connectivity index (χ0) is 15.2. The molecule has 1 N–H and O–H groups in total. The van der Waals surface area contributed by atoms with Crippen LogP contribution in [0.25, 0.3) is 0 Å². The second-order valence-electron chi connectivity index (χ2n) is 4.33. The maximum Gasteiger partial charge on any atom is 0.259 e. The van der Waals surface area contributed by atoms with Crippen molar-refractivity contribution >= 4 is 23.2 Å². The van der Waals surface area contributed by atoms with Crippen LogP contribution < -0.4 is 10.1 Å². The van der Waals surface area contributed by atoms with Crippen LogP contribution in [0.2, 0.25) is 5.02 Å². The maximum absolute atomic E-state index is 12.3.